The Morgan fingerprint density at radius 1 is 0.524 bits per heavy atom. The van der Waals surface area contributed by atoms with Crippen molar-refractivity contribution < 1.29 is 32.9 Å². The predicted molar refractivity (Wildman–Crippen MR) is 272 cm³/mol. The highest BCUT2D eigenvalue weighted by Gasteiger charge is 2.27. The highest BCUT2D eigenvalue weighted by Crippen LogP contribution is 2.43. The van der Waals surface area contributed by atoms with E-state index in [9.17, 15) is 19.4 Å². The third kappa shape index (κ3) is 48.5. The number of phosphoric ester groups is 1. The van der Waals surface area contributed by atoms with Crippen LogP contribution < -0.4 is 5.32 Å². The summed E-state index contributed by atoms with van der Waals surface area (Å²) in [5, 5.41) is 13.9. The van der Waals surface area contributed by atoms with Crippen LogP contribution in [0.5, 0.6) is 0 Å². The van der Waals surface area contributed by atoms with Gasteiger partial charge in [0.1, 0.15) is 13.2 Å². The van der Waals surface area contributed by atoms with E-state index in [0.29, 0.717) is 17.4 Å². The number of aliphatic hydroxyl groups excluding tert-OH is 1. The van der Waals surface area contributed by atoms with Crippen molar-refractivity contribution in [2.45, 2.75) is 264 Å². The Morgan fingerprint density at radius 3 is 1.27 bits per heavy atom. The van der Waals surface area contributed by atoms with Crippen molar-refractivity contribution in [2.24, 2.45) is 0 Å². The van der Waals surface area contributed by atoms with Crippen LogP contribution in [0.15, 0.2) is 36.5 Å². The van der Waals surface area contributed by atoms with Crippen LogP contribution in [0.1, 0.15) is 251 Å². The van der Waals surface area contributed by atoms with E-state index in [1.54, 1.807) is 6.08 Å². The Kier molecular flexibility index (Phi) is 44.9. The molecule has 63 heavy (non-hydrogen) atoms. The number of nitrogens with one attached hydrogen (secondary N) is 1. The smallest absolute Gasteiger partial charge is 0.387 e. The number of quaternary nitrogens is 1. The summed E-state index contributed by atoms with van der Waals surface area (Å²) < 4.78 is 23.6. The summed E-state index contributed by atoms with van der Waals surface area (Å²) in [6, 6.07) is -0.865. The van der Waals surface area contributed by atoms with Crippen LogP contribution in [0.2, 0.25) is 0 Å². The van der Waals surface area contributed by atoms with Crippen LogP contribution in [-0.4, -0.2) is 73.4 Å². The van der Waals surface area contributed by atoms with Gasteiger partial charge in [0.15, 0.2) is 0 Å². The molecule has 0 aliphatic carbocycles. The molecule has 0 saturated heterocycles. The zero-order valence-corrected chi connectivity index (χ0v) is 43.2. The largest absolute Gasteiger partial charge is 0.472 e. The molecule has 0 spiro atoms. The maximum absolute atomic E-state index is 12.9. The first-order valence-corrected chi connectivity index (χ1v) is 28.4. The number of allylic oxidation sites excluding steroid dienone is 5. The van der Waals surface area contributed by atoms with Gasteiger partial charge in [-0.25, -0.2) is 4.57 Å². The number of likely N-dealkylation sites (N-methyl/N-ethyl adjacent to an activating group) is 1. The van der Waals surface area contributed by atoms with E-state index in [0.717, 1.165) is 38.5 Å². The first-order chi connectivity index (χ1) is 30.5. The van der Waals surface area contributed by atoms with Gasteiger partial charge in [-0.2, -0.15) is 0 Å². The standard InChI is InChI=1S/C54H105N2O6P/c1-6-8-10-12-14-16-18-20-22-24-26-28-30-32-34-36-38-40-42-44-46-48-54(58)55-52(51-62-63(59,60)61-50-49-56(3,4)5)53(57)47-45-43-41-39-37-35-33-31-29-27-25-23-21-19-17-15-13-11-9-7-2/h28,30,37,39,45,47,52-53,57H,6-27,29,31-36,38,40-44,46,48-51H2,1-5H3,(H-,55,58,59,60)/p+1/b30-28-,39-37+,47-45+. The van der Waals surface area contributed by atoms with Gasteiger partial charge >= 0.3 is 7.82 Å². The fourth-order valence-corrected chi connectivity index (χ4v) is 8.55. The number of amides is 1. The minimum Gasteiger partial charge on any atom is -0.387 e. The summed E-state index contributed by atoms with van der Waals surface area (Å²) in [7, 11) is 1.56. The molecule has 3 atom stereocenters. The summed E-state index contributed by atoms with van der Waals surface area (Å²) in [6.07, 6.45) is 58.0. The van der Waals surface area contributed by atoms with Crippen molar-refractivity contribution in [3.8, 4) is 0 Å². The molecule has 3 unspecified atom stereocenters. The first-order valence-electron chi connectivity index (χ1n) is 26.9. The minimum atomic E-state index is -4.35. The van der Waals surface area contributed by atoms with Crippen molar-refractivity contribution in [3.63, 3.8) is 0 Å². The minimum absolute atomic E-state index is 0.0558. The molecule has 0 aromatic heterocycles. The van der Waals surface area contributed by atoms with Gasteiger partial charge in [-0.15, -0.1) is 0 Å². The summed E-state index contributed by atoms with van der Waals surface area (Å²) in [5.74, 6) is -0.189. The maximum atomic E-state index is 12.9. The van der Waals surface area contributed by atoms with Crippen molar-refractivity contribution in [3.05, 3.63) is 36.5 Å². The van der Waals surface area contributed by atoms with Crippen LogP contribution in [0.25, 0.3) is 0 Å². The number of rotatable bonds is 49. The molecular formula is C54H106N2O6P+. The van der Waals surface area contributed by atoms with Crippen molar-refractivity contribution in [1.82, 2.24) is 5.32 Å². The van der Waals surface area contributed by atoms with Crippen LogP contribution in [0.4, 0.5) is 0 Å². The molecule has 0 bridgehead atoms. The van der Waals surface area contributed by atoms with Gasteiger partial charge in [0.05, 0.1) is 39.9 Å². The Bertz CT molecular complexity index is 1120. The van der Waals surface area contributed by atoms with Gasteiger partial charge < -0.3 is 19.8 Å². The highest BCUT2D eigenvalue weighted by atomic mass is 31.2. The molecule has 0 aromatic carbocycles. The van der Waals surface area contributed by atoms with E-state index < -0.39 is 20.0 Å². The second-order valence-corrected chi connectivity index (χ2v) is 21.0. The second-order valence-electron chi connectivity index (χ2n) is 19.6. The van der Waals surface area contributed by atoms with E-state index in [2.05, 4.69) is 43.5 Å². The molecule has 8 nitrogen and oxygen atoms in total. The van der Waals surface area contributed by atoms with Crippen LogP contribution in [0, 0.1) is 0 Å². The Hall–Kier alpha value is -1.28. The molecule has 0 fully saturated rings. The first kappa shape index (κ1) is 61.7. The third-order valence-corrected chi connectivity index (χ3v) is 13.1. The summed E-state index contributed by atoms with van der Waals surface area (Å²) >= 11 is 0. The van der Waals surface area contributed by atoms with Gasteiger partial charge in [-0.3, -0.25) is 13.8 Å². The van der Waals surface area contributed by atoms with Crippen LogP contribution in [0.3, 0.4) is 0 Å². The molecule has 0 aliphatic heterocycles. The molecular weight excluding hydrogens is 804 g/mol. The monoisotopic (exact) mass is 910 g/mol. The molecule has 0 saturated carbocycles. The molecule has 0 aromatic rings. The van der Waals surface area contributed by atoms with Crippen molar-refractivity contribution >= 4 is 13.7 Å². The Labute approximate surface area is 391 Å². The lowest BCUT2D eigenvalue weighted by molar-refractivity contribution is -0.870. The summed E-state index contributed by atoms with van der Waals surface area (Å²) in [4.78, 5) is 23.2. The summed E-state index contributed by atoms with van der Waals surface area (Å²) in [5.41, 5.74) is 0. The lowest BCUT2D eigenvalue weighted by Crippen LogP contribution is -2.45. The van der Waals surface area contributed by atoms with E-state index >= 15 is 0 Å². The number of nitrogens with zero attached hydrogens (tertiary/aromatic N) is 1. The molecule has 0 heterocycles. The van der Waals surface area contributed by atoms with Gasteiger partial charge in [-0.1, -0.05) is 224 Å². The van der Waals surface area contributed by atoms with E-state index in [-0.39, 0.29) is 19.1 Å². The zero-order chi connectivity index (χ0) is 46.4. The molecule has 372 valence electrons. The fraction of sp³-hybridized carbons (Fsp3) is 0.870. The number of hydrogen-bond acceptors (Lipinski definition) is 5. The molecule has 0 radical (unpaired) electrons. The average Bonchev–Trinajstić information content (AvgIpc) is 3.24. The molecule has 0 rings (SSSR count). The number of hydrogen-bond donors (Lipinski definition) is 3. The lowest BCUT2D eigenvalue weighted by atomic mass is 10.0. The van der Waals surface area contributed by atoms with Crippen LogP contribution >= 0.6 is 7.82 Å². The topological polar surface area (TPSA) is 105 Å². The van der Waals surface area contributed by atoms with E-state index in [4.69, 9.17) is 9.05 Å². The van der Waals surface area contributed by atoms with E-state index in [1.807, 2.05) is 27.2 Å². The molecule has 9 heteroatoms. The molecule has 1 amide bonds. The van der Waals surface area contributed by atoms with Gasteiger partial charge in [0, 0.05) is 6.42 Å². The maximum Gasteiger partial charge on any atom is 0.472 e. The van der Waals surface area contributed by atoms with Gasteiger partial charge in [0.25, 0.3) is 0 Å². The Balaban J connectivity index is 4.32. The highest BCUT2D eigenvalue weighted by molar-refractivity contribution is 7.47. The fourth-order valence-electron chi connectivity index (χ4n) is 7.82. The normalized spacial score (nSPS) is 14.3. The number of aliphatic hydroxyl groups is 1. The van der Waals surface area contributed by atoms with E-state index in [1.165, 1.54) is 193 Å². The van der Waals surface area contributed by atoms with Gasteiger partial charge in [0.2, 0.25) is 5.91 Å². The molecule has 0 aliphatic rings. The lowest BCUT2D eigenvalue weighted by Gasteiger charge is -2.25. The zero-order valence-electron chi connectivity index (χ0n) is 42.3. The van der Waals surface area contributed by atoms with Crippen LogP contribution in [-0.2, 0) is 18.4 Å². The predicted octanol–water partition coefficient (Wildman–Crippen LogP) is 15.8. The average molecular weight is 910 g/mol. The number of phosphoric acid groups is 1. The number of unbranched alkanes of at least 4 members (excludes halogenated alkanes) is 32. The number of carbonyl (C=O) groups is 1. The second kappa shape index (κ2) is 45.9. The quantitative estimate of drug-likeness (QED) is 0.0243. The SMILES string of the molecule is CCCCCCCCCCCC/C=C\CCCCCCCCCC(=O)NC(COP(=O)(O)OCC[N+](C)(C)C)C(O)/C=C/CC/C=C/CCCCCCCCCCCCCCCC. The third-order valence-electron chi connectivity index (χ3n) is 12.1. The molecule has 3 N–H and O–H groups in total. The summed E-state index contributed by atoms with van der Waals surface area (Å²) in [6.45, 7) is 4.82. The number of carbonyl (C=O) groups excluding carboxylic acids is 1. The van der Waals surface area contributed by atoms with Crippen molar-refractivity contribution in [2.75, 3.05) is 40.9 Å². The van der Waals surface area contributed by atoms with Crippen molar-refractivity contribution in [1.29, 1.82) is 0 Å². The Morgan fingerprint density at radius 2 is 0.873 bits per heavy atom. The van der Waals surface area contributed by atoms with Gasteiger partial charge in [-0.05, 0) is 57.8 Å².